The average Bonchev–Trinajstić information content (AvgIpc) is 2.61. The molecule has 1 fully saturated rings. The van der Waals surface area contributed by atoms with Crippen molar-refractivity contribution < 1.29 is 22.7 Å². The van der Waals surface area contributed by atoms with Crippen LogP contribution in [0.5, 0.6) is 6.01 Å². The van der Waals surface area contributed by atoms with Gasteiger partial charge in [0.05, 0.1) is 12.7 Å². The Kier molecular flexibility index (Phi) is 4.77. The van der Waals surface area contributed by atoms with Crippen LogP contribution in [0.3, 0.4) is 0 Å². The highest BCUT2D eigenvalue weighted by atomic mass is 19.4. The Morgan fingerprint density at radius 3 is 2.80 bits per heavy atom. The molecule has 1 aliphatic heterocycles. The third-order valence-corrected chi connectivity index (χ3v) is 3.64. The molecule has 7 nitrogen and oxygen atoms in total. The maximum absolute atomic E-state index is 12.7. The van der Waals surface area contributed by atoms with Gasteiger partial charge in [0.25, 0.3) is 5.91 Å². The molecule has 10 heteroatoms. The second-order valence-electron chi connectivity index (χ2n) is 5.45. The molecule has 0 bridgehead atoms. The van der Waals surface area contributed by atoms with Gasteiger partial charge in [0, 0.05) is 25.1 Å². The highest BCUT2D eigenvalue weighted by Gasteiger charge is 2.33. The van der Waals surface area contributed by atoms with Crippen LogP contribution in [0.1, 0.15) is 29.0 Å². The number of rotatable bonds is 3. The first kappa shape index (κ1) is 17.1. The predicted octanol–water partition coefficient (Wildman–Crippen LogP) is 1.97. The van der Waals surface area contributed by atoms with E-state index in [1.807, 2.05) is 0 Å². The van der Waals surface area contributed by atoms with Crippen LogP contribution in [-0.4, -0.2) is 49.9 Å². The molecule has 0 saturated carbocycles. The third-order valence-electron chi connectivity index (χ3n) is 3.64. The molecule has 3 rings (SSSR count). The van der Waals surface area contributed by atoms with Crippen molar-refractivity contribution in [1.29, 1.82) is 0 Å². The first-order valence-corrected chi connectivity index (χ1v) is 7.55. The molecule has 0 radical (unpaired) electrons. The Morgan fingerprint density at radius 2 is 2.08 bits per heavy atom. The minimum Gasteiger partial charge on any atom is -0.458 e. The number of hydrogen-bond donors (Lipinski definition) is 0. The number of hydrogen-bond acceptors (Lipinski definition) is 6. The summed E-state index contributed by atoms with van der Waals surface area (Å²) < 4.78 is 43.5. The van der Waals surface area contributed by atoms with Crippen molar-refractivity contribution in [2.75, 3.05) is 13.1 Å². The number of piperidine rings is 1. The second-order valence-corrected chi connectivity index (χ2v) is 5.45. The van der Waals surface area contributed by atoms with Crippen molar-refractivity contribution in [1.82, 2.24) is 24.8 Å². The van der Waals surface area contributed by atoms with Gasteiger partial charge in [-0.15, -0.1) is 0 Å². The van der Waals surface area contributed by atoms with E-state index in [0.717, 1.165) is 12.3 Å². The summed E-state index contributed by atoms with van der Waals surface area (Å²) in [4.78, 5) is 28.8. The van der Waals surface area contributed by atoms with E-state index in [4.69, 9.17) is 4.74 Å². The van der Waals surface area contributed by atoms with E-state index in [0.29, 0.717) is 19.4 Å². The summed E-state index contributed by atoms with van der Waals surface area (Å²) in [5, 5.41) is 0. The van der Waals surface area contributed by atoms with E-state index in [1.165, 1.54) is 23.5 Å². The summed E-state index contributed by atoms with van der Waals surface area (Å²) in [5.74, 6) is -0.300. The molecule has 132 valence electrons. The summed E-state index contributed by atoms with van der Waals surface area (Å²) in [6.45, 7) is 0.730. The normalized spacial score (nSPS) is 18.0. The molecule has 0 aliphatic carbocycles. The Bertz CT molecular complexity index is 741. The lowest BCUT2D eigenvalue weighted by Gasteiger charge is -2.32. The van der Waals surface area contributed by atoms with Crippen molar-refractivity contribution >= 4 is 5.91 Å². The van der Waals surface area contributed by atoms with Gasteiger partial charge in [0.1, 0.15) is 11.8 Å². The van der Waals surface area contributed by atoms with E-state index < -0.39 is 18.0 Å². The van der Waals surface area contributed by atoms with Crippen LogP contribution in [-0.2, 0) is 6.18 Å². The molecular formula is C15H14F3N5O2. The number of alkyl halides is 3. The van der Waals surface area contributed by atoms with E-state index in [2.05, 4.69) is 19.9 Å². The van der Waals surface area contributed by atoms with Crippen LogP contribution in [0.2, 0.25) is 0 Å². The molecule has 1 aliphatic rings. The van der Waals surface area contributed by atoms with Gasteiger partial charge in [0.15, 0.2) is 5.69 Å². The lowest BCUT2D eigenvalue weighted by atomic mass is 10.1. The fourth-order valence-corrected chi connectivity index (χ4v) is 2.49. The number of likely N-dealkylation sites (tertiary alicyclic amines) is 1. The molecule has 1 saturated heterocycles. The highest BCUT2D eigenvalue weighted by Crippen LogP contribution is 2.28. The zero-order valence-electron chi connectivity index (χ0n) is 13.0. The second kappa shape index (κ2) is 6.99. The number of ether oxygens (including phenoxy) is 1. The van der Waals surface area contributed by atoms with Gasteiger partial charge in [-0.1, -0.05) is 0 Å². The first-order valence-electron chi connectivity index (χ1n) is 7.55. The number of amides is 1. The maximum atomic E-state index is 12.7. The molecule has 2 aromatic rings. The molecule has 1 atom stereocenters. The molecule has 3 heterocycles. The smallest absolute Gasteiger partial charge is 0.433 e. The summed E-state index contributed by atoms with van der Waals surface area (Å²) >= 11 is 0. The van der Waals surface area contributed by atoms with E-state index in [9.17, 15) is 18.0 Å². The van der Waals surface area contributed by atoms with Gasteiger partial charge in [-0.2, -0.15) is 18.2 Å². The lowest BCUT2D eigenvalue weighted by Crippen LogP contribution is -2.44. The molecule has 25 heavy (non-hydrogen) atoms. The van der Waals surface area contributed by atoms with E-state index in [1.54, 1.807) is 0 Å². The first-order chi connectivity index (χ1) is 11.9. The molecule has 0 aromatic carbocycles. The summed E-state index contributed by atoms with van der Waals surface area (Å²) in [6, 6.07) is 0.422. The van der Waals surface area contributed by atoms with Gasteiger partial charge in [-0.05, 0) is 18.9 Å². The standard InChI is InChI=1S/C15H14F3N5O2/c16-15(17,18)12-3-4-21-14(22-12)25-10-2-1-7-23(9-10)13(24)11-8-19-5-6-20-11/h3-6,8,10H,1-2,7,9H2. The van der Waals surface area contributed by atoms with Crippen LogP contribution in [0.25, 0.3) is 0 Å². The number of nitrogens with zero attached hydrogens (tertiary/aromatic N) is 5. The number of carbonyl (C=O) groups is 1. The number of halogens is 3. The lowest BCUT2D eigenvalue weighted by molar-refractivity contribution is -0.141. The van der Waals surface area contributed by atoms with Crippen molar-refractivity contribution in [2.24, 2.45) is 0 Å². The average molecular weight is 353 g/mol. The van der Waals surface area contributed by atoms with Crippen LogP contribution in [0.15, 0.2) is 30.9 Å². The van der Waals surface area contributed by atoms with Gasteiger partial charge >= 0.3 is 12.2 Å². The minimum absolute atomic E-state index is 0.207. The quantitative estimate of drug-likeness (QED) is 0.839. The SMILES string of the molecule is O=C(c1cnccn1)N1CCCC(Oc2nccc(C(F)(F)F)n2)C1. The fourth-order valence-electron chi connectivity index (χ4n) is 2.49. The van der Waals surface area contributed by atoms with Gasteiger partial charge < -0.3 is 9.64 Å². The molecule has 2 aromatic heterocycles. The van der Waals surface area contributed by atoms with Crippen molar-refractivity contribution in [3.63, 3.8) is 0 Å². The van der Waals surface area contributed by atoms with Gasteiger partial charge in [0.2, 0.25) is 0 Å². The zero-order valence-corrected chi connectivity index (χ0v) is 13.0. The van der Waals surface area contributed by atoms with Crippen LogP contribution in [0.4, 0.5) is 13.2 Å². The van der Waals surface area contributed by atoms with E-state index >= 15 is 0 Å². The summed E-state index contributed by atoms with van der Waals surface area (Å²) in [6.07, 6.45) is 1.42. The third kappa shape index (κ3) is 4.20. The van der Waals surface area contributed by atoms with Gasteiger partial charge in [-0.3, -0.25) is 9.78 Å². The van der Waals surface area contributed by atoms with Gasteiger partial charge in [-0.25, -0.2) is 9.97 Å². The molecule has 0 spiro atoms. The van der Waals surface area contributed by atoms with Crippen LogP contribution < -0.4 is 4.74 Å². The molecule has 0 N–H and O–H groups in total. The van der Waals surface area contributed by atoms with Crippen molar-refractivity contribution in [3.8, 4) is 6.01 Å². The van der Waals surface area contributed by atoms with Crippen molar-refractivity contribution in [2.45, 2.75) is 25.1 Å². The number of carbonyl (C=O) groups excluding carboxylic acids is 1. The Hall–Kier alpha value is -2.78. The highest BCUT2D eigenvalue weighted by molar-refractivity contribution is 5.92. The van der Waals surface area contributed by atoms with Crippen LogP contribution in [0, 0.1) is 0 Å². The topological polar surface area (TPSA) is 81.1 Å². The molecular weight excluding hydrogens is 339 g/mol. The Balaban J connectivity index is 1.67. The zero-order chi connectivity index (χ0) is 17.9. The predicted molar refractivity (Wildman–Crippen MR) is 78.6 cm³/mol. The minimum atomic E-state index is -4.57. The number of aromatic nitrogens is 4. The summed E-state index contributed by atoms with van der Waals surface area (Å²) in [7, 11) is 0. The maximum Gasteiger partial charge on any atom is 0.433 e. The summed E-state index contributed by atoms with van der Waals surface area (Å²) in [5.41, 5.74) is -0.862. The fraction of sp³-hybridized carbons (Fsp3) is 0.400. The van der Waals surface area contributed by atoms with Crippen molar-refractivity contribution in [3.05, 3.63) is 42.2 Å². The Labute approximate surface area is 140 Å². The molecule has 1 amide bonds. The van der Waals surface area contributed by atoms with E-state index in [-0.39, 0.29) is 24.2 Å². The Morgan fingerprint density at radius 1 is 1.24 bits per heavy atom. The van der Waals surface area contributed by atoms with Crippen LogP contribution >= 0.6 is 0 Å². The molecule has 1 unspecified atom stereocenters. The largest absolute Gasteiger partial charge is 0.458 e. The monoisotopic (exact) mass is 353 g/mol.